The maximum absolute atomic E-state index is 4.14. The monoisotopic (exact) mass is 252 g/mol. The molecule has 1 aromatic carbocycles. The van der Waals surface area contributed by atoms with Crippen LogP contribution >= 0.6 is 0 Å². The van der Waals surface area contributed by atoms with Crippen LogP contribution in [0.15, 0.2) is 43.5 Å². The molecule has 0 amide bonds. The molecular formula is C15H16N4. The molecule has 3 aromatic rings. The van der Waals surface area contributed by atoms with E-state index in [1.165, 1.54) is 28.1 Å². The molecule has 0 unspecified atom stereocenters. The standard InChI is InChI=1S/C15H16N4/c1-11-8-12(2)15(19-7-5-17-10-19)13(3)14(11)18-6-4-16-9-18/h4-10H,1-3H3. The van der Waals surface area contributed by atoms with E-state index in [2.05, 4.69) is 45.9 Å². The predicted molar refractivity (Wildman–Crippen MR) is 74.9 cm³/mol. The Morgan fingerprint density at radius 1 is 0.789 bits per heavy atom. The van der Waals surface area contributed by atoms with Crippen molar-refractivity contribution in [2.24, 2.45) is 0 Å². The van der Waals surface area contributed by atoms with Crippen LogP contribution in [0, 0.1) is 20.8 Å². The molecule has 0 bridgehead atoms. The normalized spacial score (nSPS) is 10.9. The largest absolute Gasteiger partial charge is 0.306 e. The van der Waals surface area contributed by atoms with Crippen LogP contribution in [0.25, 0.3) is 11.4 Å². The van der Waals surface area contributed by atoms with E-state index in [9.17, 15) is 0 Å². The zero-order chi connectivity index (χ0) is 13.4. The smallest absolute Gasteiger partial charge is 0.0991 e. The van der Waals surface area contributed by atoms with Gasteiger partial charge in [-0.15, -0.1) is 0 Å². The van der Waals surface area contributed by atoms with E-state index in [0.717, 1.165) is 0 Å². The van der Waals surface area contributed by atoms with Gasteiger partial charge in [0.2, 0.25) is 0 Å². The highest BCUT2D eigenvalue weighted by atomic mass is 15.1. The number of nitrogens with zero attached hydrogens (tertiary/aromatic N) is 4. The van der Waals surface area contributed by atoms with Gasteiger partial charge >= 0.3 is 0 Å². The van der Waals surface area contributed by atoms with E-state index in [1.54, 1.807) is 12.4 Å². The summed E-state index contributed by atoms with van der Waals surface area (Å²) in [4.78, 5) is 8.28. The Bertz CT molecular complexity index is 636. The van der Waals surface area contributed by atoms with Gasteiger partial charge in [-0.25, -0.2) is 9.97 Å². The van der Waals surface area contributed by atoms with Crippen LogP contribution in [0.1, 0.15) is 16.7 Å². The number of aromatic nitrogens is 4. The molecular weight excluding hydrogens is 236 g/mol. The average molecular weight is 252 g/mol. The molecule has 0 aliphatic carbocycles. The number of hydrogen-bond donors (Lipinski definition) is 0. The molecule has 0 saturated carbocycles. The van der Waals surface area contributed by atoms with Gasteiger partial charge in [0.1, 0.15) is 0 Å². The van der Waals surface area contributed by atoms with Crippen molar-refractivity contribution in [3.8, 4) is 11.4 Å². The van der Waals surface area contributed by atoms with Gasteiger partial charge in [0.25, 0.3) is 0 Å². The number of imidazole rings is 2. The van der Waals surface area contributed by atoms with Crippen LogP contribution in [-0.4, -0.2) is 19.1 Å². The molecule has 0 aliphatic rings. The van der Waals surface area contributed by atoms with Crippen molar-refractivity contribution in [2.45, 2.75) is 20.8 Å². The summed E-state index contributed by atoms with van der Waals surface area (Å²) in [6.07, 6.45) is 11.2. The van der Waals surface area contributed by atoms with Crippen LogP contribution in [-0.2, 0) is 0 Å². The first kappa shape index (κ1) is 11.7. The van der Waals surface area contributed by atoms with Crippen LogP contribution in [0.2, 0.25) is 0 Å². The second-order valence-corrected chi connectivity index (χ2v) is 4.77. The van der Waals surface area contributed by atoms with Crippen LogP contribution in [0.4, 0.5) is 0 Å². The summed E-state index contributed by atoms with van der Waals surface area (Å²) in [6.45, 7) is 6.41. The summed E-state index contributed by atoms with van der Waals surface area (Å²) in [5.41, 5.74) is 6.10. The van der Waals surface area contributed by atoms with E-state index in [0.29, 0.717) is 0 Å². The molecule has 96 valence electrons. The molecule has 0 saturated heterocycles. The molecule has 0 aliphatic heterocycles. The lowest BCUT2D eigenvalue weighted by Gasteiger charge is -2.18. The van der Waals surface area contributed by atoms with Gasteiger partial charge in [0.05, 0.1) is 24.0 Å². The van der Waals surface area contributed by atoms with E-state index < -0.39 is 0 Å². The van der Waals surface area contributed by atoms with Gasteiger partial charge < -0.3 is 9.13 Å². The van der Waals surface area contributed by atoms with E-state index in [-0.39, 0.29) is 0 Å². The summed E-state index contributed by atoms with van der Waals surface area (Å²) in [5.74, 6) is 0. The quantitative estimate of drug-likeness (QED) is 0.703. The Labute approximate surface area is 112 Å². The summed E-state index contributed by atoms with van der Waals surface area (Å²) >= 11 is 0. The van der Waals surface area contributed by atoms with Gasteiger partial charge in [-0.3, -0.25) is 0 Å². The first-order valence-electron chi connectivity index (χ1n) is 6.26. The third kappa shape index (κ3) is 1.85. The molecule has 0 atom stereocenters. The van der Waals surface area contributed by atoms with Crippen molar-refractivity contribution in [3.05, 3.63) is 60.2 Å². The minimum atomic E-state index is 1.19. The zero-order valence-electron chi connectivity index (χ0n) is 11.3. The summed E-state index contributed by atoms with van der Waals surface area (Å²) in [6, 6.07) is 2.21. The second-order valence-electron chi connectivity index (χ2n) is 4.77. The van der Waals surface area contributed by atoms with E-state index in [1.807, 2.05) is 25.0 Å². The topological polar surface area (TPSA) is 35.6 Å². The third-order valence-electron chi connectivity index (χ3n) is 3.42. The minimum absolute atomic E-state index is 1.19. The molecule has 3 rings (SSSR count). The molecule has 0 radical (unpaired) electrons. The zero-order valence-corrected chi connectivity index (χ0v) is 11.3. The maximum atomic E-state index is 4.14. The average Bonchev–Trinajstić information content (AvgIpc) is 3.00. The Morgan fingerprint density at radius 2 is 1.26 bits per heavy atom. The van der Waals surface area contributed by atoms with Gasteiger partial charge in [-0.2, -0.15) is 0 Å². The van der Waals surface area contributed by atoms with Crippen molar-refractivity contribution < 1.29 is 0 Å². The summed E-state index contributed by atoms with van der Waals surface area (Å²) in [7, 11) is 0. The number of hydrogen-bond acceptors (Lipinski definition) is 2. The van der Waals surface area contributed by atoms with Crippen molar-refractivity contribution in [3.63, 3.8) is 0 Å². The number of aryl methyl sites for hydroxylation is 2. The van der Waals surface area contributed by atoms with Crippen LogP contribution < -0.4 is 0 Å². The molecule has 0 spiro atoms. The Kier molecular flexibility index (Phi) is 2.71. The SMILES string of the molecule is Cc1cc(C)c(-n2ccnc2)c(C)c1-n1ccnc1. The summed E-state index contributed by atoms with van der Waals surface area (Å²) < 4.78 is 4.12. The van der Waals surface area contributed by atoms with Gasteiger partial charge in [0, 0.05) is 24.8 Å². The van der Waals surface area contributed by atoms with Crippen molar-refractivity contribution >= 4 is 0 Å². The molecule has 4 nitrogen and oxygen atoms in total. The number of rotatable bonds is 2. The van der Waals surface area contributed by atoms with Gasteiger partial charge in [-0.1, -0.05) is 6.07 Å². The predicted octanol–water partition coefficient (Wildman–Crippen LogP) is 2.98. The summed E-state index contributed by atoms with van der Waals surface area (Å²) in [5, 5.41) is 0. The van der Waals surface area contributed by atoms with Crippen LogP contribution in [0.5, 0.6) is 0 Å². The molecule has 0 fully saturated rings. The fourth-order valence-electron chi connectivity index (χ4n) is 2.74. The minimum Gasteiger partial charge on any atom is -0.306 e. The third-order valence-corrected chi connectivity index (χ3v) is 3.42. The van der Waals surface area contributed by atoms with Gasteiger partial charge in [-0.05, 0) is 37.5 Å². The number of benzene rings is 1. The maximum Gasteiger partial charge on any atom is 0.0991 e. The molecule has 2 aromatic heterocycles. The van der Waals surface area contributed by atoms with E-state index in [4.69, 9.17) is 0 Å². The first-order valence-corrected chi connectivity index (χ1v) is 6.26. The van der Waals surface area contributed by atoms with Crippen LogP contribution in [0.3, 0.4) is 0 Å². The fourth-order valence-corrected chi connectivity index (χ4v) is 2.74. The fraction of sp³-hybridized carbons (Fsp3) is 0.200. The Hall–Kier alpha value is -2.36. The van der Waals surface area contributed by atoms with E-state index >= 15 is 0 Å². The lowest BCUT2D eigenvalue weighted by Crippen LogP contribution is -2.05. The highest BCUT2D eigenvalue weighted by Gasteiger charge is 2.13. The highest BCUT2D eigenvalue weighted by Crippen LogP contribution is 2.28. The lowest BCUT2D eigenvalue weighted by atomic mass is 10.0. The van der Waals surface area contributed by atoms with Crippen molar-refractivity contribution in [1.82, 2.24) is 19.1 Å². The molecule has 0 N–H and O–H groups in total. The van der Waals surface area contributed by atoms with Crippen molar-refractivity contribution in [2.75, 3.05) is 0 Å². The lowest BCUT2D eigenvalue weighted by molar-refractivity contribution is 0.973. The first-order chi connectivity index (χ1) is 9.18. The molecule has 2 heterocycles. The Morgan fingerprint density at radius 3 is 1.63 bits per heavy atom. The second kappa shape index (κ2) is 4.39. The molecule has 19 heavy (non-hydrogen) atoms. The van der Waals surface area contributed by atoms with Crippen molar-refractivity contribution in [1.29, 1.82) is 0 Å². The Balaban J connectivity index is 2.30. The van der Waals surface area contributed by atoms with Gasteiger partial charge in [0.15, 0.2) is 0 Å². The molecule has 4 heteroatoms. The highest BCUT2D eigenvalue weighted by molar-refractivity contribution is 5.60.